The van der Waals surface area contributed by atoms with Crippen LogP contribution in [-0.2, 0) is 4.74 Å². The summed E-state index contributed by atoms with van der Waals surface area (Å²) in [6.45, 7) is 5.15. The molecule has 128 valence electrons. The van der Waals surface area contributed by atoms with E-state index in [1.807, 2.05) is 0 Å². The lowest BCUT2D eigenvalue weighted by Crippen LogP contribution is -2.41. The number of anilines is 1. The zero-order valence-electron chi connectivity index (χ0n) is 13.7. The number of hydrogen-bond donors (Lipinski definition) is 1. The van der Waals surface area contributed by atoms with Crippen LogP contribution in [0.1, 0.15) is 19.3 Å². The lowest BCUT2D eigenvalue weighted by Gasteiger charge is -2.33. The van der Waals surface area contributed by atoms with Crippen molar-refractivity contribution in [3.05, 3.63) is 30.3 Å². The van der Waals surface area contributed by atoms with Gasteiger partial charge in [0.25, 0.3) is 0 Å². The van der Waals surface area contributed by atoms with Crippen LogP contribution in [0.4, 0.5) is 10.2 Å². The topological polar surface area (TPSA) is 50.3 Å². The quantitative estimate of drug-likeness (QED) is 0.934. The molecular formula is C18H23FN4O. The second-order valence-electron chi connectivity index (χ2n) is 6.83. The molecule has 0 saturated carbocycles. The summed E-state index contributed by atoms with van der Waals surface area (Å²) in [5.41, 5.74) is 0.771. The smallest absolute Gasteiger partial charge is 0.137 e. The average molecular weight is 330 g/mol. The molecular weight excluding hydrogens is 307 g/mol. The SMILES string of the molecule is Fc1ccc2ncnc(NC3CCN(C[C@H]4CCOC4)CC3)c2c1. The normalized spacial score (nSPS) is 23.0. The Hall–Kier alpha value is -1.79. The summed E-state index contributed by atoms with van der Waals surface area (Å²) in [6, 6.07) is 5.02. The predicted molar refractivity (Wildman–Crippen MR) is 91.5 cm³/mol. The van der Waals surface area contributed by atoms with Gasteiger partial charge in [0.1, 0.15) is 18.0 Å². The lowest BCUT2D eigenvalue weighted by atomic mass is 10.0. The molecule has 3 heterocycles. The standard InChI is InChI=1S/C18H23FN4O/c19-14-1-2-17-16(9-14)18(21-12-20-17)22-15-3-6-23(7-4-15)10-13-5-8-24-11-13/h1-2,9,12-13,15H,3-8,10-11H2,(H,20,21,22)/t13-/m1/s1. The number of fused-ring (bicyclic) bond motifs is 1. The van der Waals surface area contributed by atoms with Crippen LogP contribution >= 0.6 is 0 Å². The first-order valence-electron chi connectivity index (χ1n) is 8.75. The minimum absolute atomic E-state index is 0.256. The molecule has 6 heteroatoms. The Morgan fingerprint density at radius 2 is 2.08 bits per heavy atom. The van der Waals surface area contributed by atoms with Gasteiger partial charge in [0.15, 0.2) is 0 Å². The third-order valence-corrected chi connectivity index (χ3v) is 5.07. The maximum Gasteiger partial charge on any atom is 0.137 e. The number of benzene rings is 1. The number of hydrogen-bond acceptors (Lipinski definition) is 5. The molecule has 0 aliphatic carbocycles. The number of nitrogens with zero attached hydrogens (tertiary/aromatic N) is 3. The van der Waals surface area contributed by atoms with Crippen LogP contribution in [0.2, 0.25) is 0 Å². The molecule has 2 aromatic rings. The van der Waals surface area contributed by atoms with Crippen LogP contribution in [0, 0.1) is 11.7 Å². The Bertz CT molecular complexity index is 696. The van der Waals surface area contributed by atoms with Crippen molar-refractivity contribution >= 4 is 16.7 Å². The first-order chi connectivity index (χ1) is 11.8. The highest BCUT2D eigenvalue weighted by Gasteiger charge is 2.24. The van der Waals surface area contributed by atoms with Crippen molar-refractivity contribution in [3.63, 3.8) is 0 Å². The van der Waals surface area contributed by atoms with Crippen LogP contribution in [0.3, 0.4) is 0 Å². The number of nitrogens with one attached hydrogen (secondary N) is 1. The summed E-state index contributed by atoms with van der Waals surface area (Å²) in [7, 11) is 0. The molecule has 2 saturated heterocycles. The fourth-order valence-electron chi connectivity index (χ4n) is 3.69. The molecule has 5 nitrogen and oxygen atoms in total. The number of piperidine rings is 1. The highest BCUT2D eigenvalue weighted by atomic mass is 19.1. The number of aromatic nitrogens is 2. The molecule has 0 radical (unpaired) electrons. The van der Waals surface area contributed by atoms with Gasteiger partial charge in [-0.25, -0.2) is 14.4 Å². The van der Waals surface area contributed by atoms with E-state index in [0.29, 0.717) is 12.0 Å². The van der Waals surface area contributed by atoms with Crippen molar-refractivity contribution in [2.24, 2.45) is 5.92 Å². The van der Waals surface area contributed by atoms with E-state index in [9.17, 15) is 4.39 Å². The van der Waals surface area contributed by atoms with Gasteiger partial charge in [0, 0.05) is 37.7 Å². The Labute approximate surface area is 141 Å². The summed E-state index contributed by atoms with van der Waals surface area (Å²) in [4.78, 5) is 11.1. The molecule has 1 aromatic carbocycles. The van der Waals surface area contributed by atoms with E-state index < -0.39 is 0 Å². The van der Waals surface area contributed by atoms with Crippen molar-refractivity contribution in [1.82, 2.24) is 14.9 Å². The van der Waals surface area contributed by atoms with Crippen LogP contribution in [0.5, 0.6) is 0 Å². The van der Waals surface area contributed by atoms with E-state index in [1.54, 1.807) is 6.07 Å². The monoisotopic (exact) mass is 330 g/mol. The van der Waals surface area contributed by atoms with Gasteiger partial charge in [-0.2, -0.15) is 0 Å². The van der Waals surface area contributed by atoms with Crippen molar-refractivity contribution in [3.8, 4) is 0 Å². The number of likely N-dealkylation sites (tertiary alicyclic amines) is 1. The van der Waals surface area contributed by atoms with Crippen LogP contribution in [0.25, 0.3) is 10.9 Å². The molecule has 0 bridgehead atoms. The third-order valence-electron chi connectivity index (χ3n) is 5.07. The molecule has 2 fully saturated rings. The van der Waals surface area contributed by atoms with E-state index >= 15 is 0 Å². The molecule has 0 spiro atoms. The van der Waals surface area contributed by atoms with Crippen LogP contribution in [-0.4, -0.2) is 53.8 Å². The third kappa shape index (κ3) is 3.49. The second-order valence-corrected chi connectivity index (χ2v) is 6.83. The molecule has 4 rings (SSSR count). The van der Waals surface area contributed by atoms with Crippen molar-refractivity contribution < 1.29 is 9.13 Å². The molecule has 0 amide bonds. The predicted octanol–water partition coefficient (Wildman–Crippen LogP) is 2.68. The van der Waals surface area contributed by atoms with E-state index in [0.717, 1.165) is 62.4 Å². The molecule has 1 atom stereocenters. The van der Waals surface area contributed by atoms with E-state index in [-0.39, 0.29) is 5.82 Å². The van der Waals surface area contributed by atoms with E-state index in [2.05, 4.69) is 20.2 Å². The lowest BCUT2D eigenvalue weighted by molar-refractivity contribution is 0.154. The van der Waals surface area contributed by atoms with Gasteiger partial charge in [-0.1, -0.05) is 0 Å². The molecule has 24 heavy (non-hydrogen) atoms. The minimum atomic E-state index is -0.256. The first kappa shape index (κ1) is 15.7. The highest BCUT2D eigenvalue weighted by Crippen LogP contribution is 2.24. The summed E-state index contributed by atoms with van der Waals surface area (Å²) in [5, 5.41) is 4.25. The van der Waals surface area contributed by atoms with E-state index in [1.165, 1.54) is 24.9 Å². The maximum atomic E-state index is 13.5. The summed E-state index contributed by atoms with van der Waals surface area (Å²) < 4.78 is 19.0. The Morgan fingerprint density at radius 1 is 1.21 bits per heavy atom. The maximum absolute atomic E-state index is 13.5. The van der Waals surface area contributed by atoms with Gasteiger partial charge in [0.05, 0.1) is 12.1 Å². The van der Waals surface area contributed by atoms with Gasteiger partial charge in [0.2, 0.25) is 0 Å². The van der Waals surface area contributed by atoms with Crippen molar-refractivity contribution in [2.45, 2.75) is 25.3 Å². The van der Waals surface area contributed by atoms with Crippen LogP contribution in [0.15, 0.2) is 24.5 Å². The second kappa shape index (κ2) is 6.99. The van der Waals surface area contributed by atoms with Gasteiger partial charge in [-0.3, -0.25) is 0 Å². The highest BCUT2D eigenvalue weighted by molar-refractivity contribution is 5.88. The summed E-state index contributed by atoms with van der Waals surface area (Å²) in [5.74, 6) is 1.18. The molecule has 0 unspecified atom stereocenters. The van der Waals surface area contributed by atoms with Gasteiger partial charge in [-0.05, 0) is 43.4 Å². The van der Waals surface area contributed by atoms with Gasteiger partial charge < -0.3 is 15.0 Å². The molecule has 1 aromatic heterocycles. The largest absolute Gasteiger partial charge is 0.381 e. The first-order valence-corrected chi connectivity index (χ1v) is 8.75. The zero-order valence-corrected chi connectivity index (χ0v) is 13.7. The average Bonchev–Trinajstić information content (AvgIpc) is 3.10. The summed E-state index contributed by atoms with van der Waals surface area (Å²) in [6.07, 6.45) is 4.89. The van der Waals surface area contributed by atoms with Gasteiger partial charge in [-0.15, -0.1) is 0 Å². The van der Waals surface area contributed by atoms with Crippen molar-refractivity contribution in [1.29, 1.82) is 0 Å². The molecule has 1 N–H and O–H groups in total. The fourth-order valence-corrected chi connectivity index (χ4v) is 3.69. The number of halogens is 1. The van der Waals surface area contributed by atoms with Crippen molar-refractivity contribution in [2.75, 3.05) is 38.2 Å². The minimum Gasteiger partial charge on any atom is -0.381 e. The molecule has 2 aliphatic heterocycles. The number of rotatable bonds is 4. The van der Waals surface area contributed by atoms with Crippen LogP contribution < -0.4 is 5.32 Å². The van der Waals surface area contributed by atoms with E-state index in [4.69, 9.17) is 4.74 Å². The molecule has 2 aliphatic rings. The van der Waals surface area contributed by atoms with Gasteiger partial charge >= 0.3 is 0 Å². The number of ether oxygens (including phenoxy) is 1. The Balaban J connectivity index is 1.37. The Kier molecular flexibility index (Phi) is 4.58. The summed E-state index contributed by atoms with van der Waals surface area (Å²) >= 11 is 0. The Morgan fingerprint density at radius 3 is 2.88 bits per heavy atom. The zero-order chi connectivity index (χ0) is 16.4. The fraction of sp³-hybridized carbons (Fsp3) is 0.556.